The standard InChI is InChI=1S/C10H7Cl2NO2S/c1-16(14,15)9(6-13)4-7-2-3-8(11)5-10(7)12/h2-5H,1H3. The third kappa shape index (κ3) is 3.24. The number of hydrogen-bond acceptors (Lipinski definition) is 3. The van der Waals surface area contributed by atoms with Crippen LogP contribution in [-0.4, -0.2) is 14.7 Å². The third-order valence-corrected chi connectivity index (χ3v) is 3.33. The van der Waals surface area contributed by atoms with Crippen LogP contribution in [0.25, 0.3) is 6.08 Å². The number of hydrogen-bond donors (Lipinski definition) is 0. The molecule has 0 aliphatic rings. The summed E-state index contributed by atoms with van der Waals surface area (Å²) < 4.78 is 22.4. The second kappa shape index (κ2) is 4.88. The lowest BCUT2D eigenvalue weighted by atomic mass is 10.2. The molecule has 1 rings (SSSR count). The molecule has 0 amide bonds. The lowest BCUT2D eigenvalue weighted by molar-refractivity contribution is 0.609. The van der Waals surface area contributed by atoms with E-state index in [2.05, 4.69) is 0 Å². The van der Waals surface area contributed by atoms with Crippen LogP contribution in [0.4, 0.5) is 0 Å². The summed E-state index contributed by atoms with van der Waals surface area (Å²) in [5.41, 5.74) is 0.438. The van der Waals surface area contributed by atoms with E-state index < -0.39 is 9.84 Å². The predicted octanol–water partition coefficient (Wildman–Crippen LogP) is 2.90. The number of nitrogens with zero attached hydrogens (tertiary/aromatic N) is 1. The average Bonchev–Trinajstić information content (AvgIpc) is 2.14. The summed E-state index contributed by atoms with van der Waals surface area (Å²) in [6, 6.07) is 6.21. The van der Waals surface area contributed by atoms with Crippen molar-refractivity contribution in [3.63, 3.8) is 0 Å². The van der Waals surface area contributed by atoms with Gasteiger partial charge in [-0.3, -0.25) is 0 Å². The Labute approximate surface area is 104 Å². The van der Waals surface area contributed by atoms with Crippen LogP contribution >= 0.6 is 23.2 Å². The highest BCUT2D eigenvalue weighted by atomic mass is 35.5. The summed E-state index contributed by atoms with van der Waals surface area (Å²) in [6.45, 7) is 0. The molecule has 0 aromatic heterocycles. The van der Waals surface area contributed by atoms with E-state index in [1.807, 2.05) is 0 Å². The number of nitriles is 1. The molecule has 0 unspecified atom stereocenters. The van der Waals surface area contributed by atoms with E-state index in [1.165, 1.54) is 12.1 Å². The molecule has 0 saturated carbocycles. The third-order valence-electron chi connectivity index (χ3n) is 1.76. The fourth-order valence-corrected chi connectivity index (χ4v) is 1.95. The van der Waals surface area contributed by atoms with E-state index in [4.69, 9.17) is 28.5 Å². The summed E-state index contributed by atoms with van der Waals surface area (Å²) in [6.07, 6.45) is 2.18. The topological polar surface area (TPSA) is 57.9 Å². The fraction of sp³-hybridized carbons (Fsp3) is 0.100. The molecule has 6 heteroatoms. The van der Waals surface area contributed by atoms with Gasteiger partial charge in [0.05, 0.1) is 0 Å². The van der Waals surface area contributed by atoms with Crippen LogP contribution in [0.5, 0.6) is 0 Å². The Bertz CT molecular complexity index is 585. The molecule has 3 nitrogen and oxygen atoms in total. The number of allylic oxidation sites excluding steroid dienone is 1. The number of halogens is 2. The van der Waals surface area contributed by atoms with Crippen molar-refractivity contribution in [3.8, 4) is 6.07 Å². The predicted molar refractivity (Wildman–Crippen MR) is 64.9 cm³/mol. The fourth-order valence-electron chi connectivity index (χ4n) is 0.982. The SMILES string of the molecule is CS(=O)(=O)C(C#N)=Cc1ccc(Cl)cc1Cl. The van der Waals surface area contributed by atoms with Gasteiger partial charge in [0.2, 0.25) is 0 Å². The maximum atomic E-state index is 11.2. The summed E-state index contributed by atoms with van der Waals surface area (Å²) in [7, 11) is -3.53. The van der Waals surface area contributed by atoms with Crippen molar-refractivity contribution < 1.29 is 8.42 Å². The molecule has 84 valence electrons. The highest BCUT2D eigenvalue weighted by Gasteiger charge is 2.11. The summed E-state index contributed by atoms with van der Waals surface area (Å²) in [4.78, 5) is -0.336. The van der Waals surface area contributed by atoms with Crippen molar-refractivity contribution >= 4 is 39.1 Å². The first-order valence-corrected chi connectivity index (χ1v) is 6.76. The minimum absolute atomic E-state index is 0.295. The van der Waals surface area contributed by atoms with Crippen LogP contribution in [0, 0.1) is 11.3 Å². The molecular formula is C10H7Cl2NO2S. The first-order valence-electron chi connectivity index (χ1n) is 4.11. The Morgan fingerprint density at radius 3 is 2.50 bits per heavy atom. The molecule has 16 heavy (non-hydrogen) atoms. The first-order chi connectivity index (χ1) is 7.34. The lowest BCUT2D eigenvalue weighted by Gasteiger charge is -2.00. The van der Waals surface area contributed by atoms with Gasteiger partial charge < -0.3 is 0 Å². The van der Waals surface area contributed by atoms with E-state index in [1.54, 1.807) is 18.2 Å². The highest BCUT2D eigenvalue weighted by Crippen LogP contribution is 2.23. The molecule has 0 aliphatic carbocycles. The van der Waals surface area contributed by atoms with Gasteiger partial charge in [0.15, 0.2) is 9.84 Å². The van der Waals surface area contributed by atoms with E-state index in [9.17, 15) is 8.42 Å². The number of benzene rings is 1. The van der Waals surface area contributed by atoms with Crippen LogP contribution in [0.3, 0.4) is 0 Å². The van der Waals surface area contributed by atoms with Crippen LogP contribution in [0.1, 0.15) is 5.56 Å². The van der Waals surface area contributed by atoms with Crippen molar-refractivity contribution in [1.82, 2.24) is 0 Å². The van der Waals surface area contributed by atoms with Gasteiger partial charge in [-0.15, -0.1) is 0 Å². The minimum atomic E-state index is -3.53. The van der Waals surface area contributed by atoms with Crippen molar-refractivity contribution in [2.45, 2.75) is 0 Å². The van der Waals surface area contributed by atoms with Crippen LogP contribution < -0.4 is 0 Å². The Balaban J connectivity index is 3.32. The molecule has 0 saturated heterocycles. The zero-order chi connectivity index (χ0) is 12.3. The van der Waals surface area contributed by atoms with Gasteiger partial charge in [0, 0.05) is 16.3 Å². The van der Waals surface area contributed by atoms with E-state index in [-0.39, 0.29) is 4.91 Å². The van der Waals surface area contributed by atoms with Crippen LogP contribution in [0.15, 0.2) is 23.1 Å². The quantitative estimate of drug-likeness (QED) is 0.780. The Morgan fingerprint density at radius 2 is 2.06 bits per heavy atom. The zero-order valence-electron chi connectivity index (χ0n) is 8.24. The minimum Gasteiger partial charge on any atom is -0.223 e. The van der Waals surface area contributed by atoms with Crippen LogP contribution in [0.2, 0.25) is 10.0 Å². The number of sulfone groups is 1. The maximum Gasteiger partial charge on any atom is 0.185 e. The smallest absolute Gasteiger partial charge is 0.185 e. The molecule has 0 spiro atoms. The molecule has 0 bridgehead atoms. The molecule has 0 atom stereocenters. The molecule has 0 radical (unpaired) electrons. The van der Waals surface area contributed by atoms with Crippen molar-refractivity contribution in [3.05, 3.63) is 38.7 Å². The van der Waals surface area contributed by atoms with Gasteiger partial charge in [-0.05, 0) is 23.8 Å². The van der Waals surface area contributed by atoms with Gasteiger partial charge in [-0.2, -0.15) is 5.26 Å². The summed E-state index contributed by atoms with van der Waals surface area (Å²) in [5.74, 6) is 0. The Morgan fingerprint density at radius 1 is 1.44 bits per heavy atom. The Hall–Kier alpha value is -1.02. The molecule has 0 heterocycles. The summed E-state index contributed by atoms with van der Waals surface area (Å²) in [5, 5.41) is 9.44. The highest BCUT2D eigenvalue weighted by molar-refractivity contribution is 7.95. The first kappa shape index (κ1) is 13.0. The van der Waals surface area contributed by atoms with E-state index in [0.717, 1.165) is 6.26 Å². The van der Waals surface area contributed by atoms with Crippen molar-refractivity contribution in [2.24, 2.45) is 0 Å². The molecular weight excluding hydrogens is 269 g/mol. The number of rotatable bonds is 2. The monoisotopic (exact) mass is 275 g/mol. The van der Waals surface area contributed by atoms with Crippen molar-refractivity contribution in [2.75, 3.05) is 6.26 Å². The van der Waals surface area contributed by atoms with Gasteiger partial charge >= 0.3 is 0 Å². The molecule has 1 aromatic rings. The van der Waals surface area contributed by atoms with Gasteiger partial charge in [-0.1, -0.05) is 29.3 Å². The molecule has 0 aliphatic heterocycles. The molecule has 0 N–H and O–H groups in total. The second-order valence-corrected chi connectivity index (χ2v) is 5.89. The Kier molecular flexibility index (Phi) is 3.98. The van der Waals surface area contributed by atoms with Gasteiger partial charge in [0.25, 0.3) is 0 Å². The second-order valence-electron chi connectivity index (χ2n) is 3.06. The lowest BCUT2D eigenvalue weighted by Crippen LogP contribution is -1.98. The molecule has 1 aromatic carbocycles. The maximum absolute atomic E-state index is 11.2. The van der Waals surface area contributed by atoms with E-state index >= 15 is 0 Å². The van der Waals surface area contributed by atoms with E-state index in [0.29, 0.717) is 15.6 Å². The largest absolute Gasteiger partial charge is 0.223 e. The average molecular weight is 276 g/mol. The molecule has 0 fully saturated rings. The zero-order valence-corrected chi connectivity index (χ0v) is 10.6. The van der Waals surface area contributed by atoms with Gasteiger partial charge in [0.1, 0.15) is 11.0 Å². The van der Waals surface area contributed by atoms with Gasteiger partial charge in [-0.25, -0.2) is 8.42 Å². The van der Waals surface area contributed by atoms with Crippen LogP contribution in [-0.2, 0) is 9.84 Å². The normalized spacial score (nSPS) is 12.2. The summed E-state index contributed by atoms with van der Waals surface area (Å²) >= 11 is 11.5. The van der Waals surface area contributed by atoms with Crippen molar-refractivity contribution in [1.29, 1.82) is 5.26 Å².